The number of nitrogens with zero attached hydrogens (tertiary/aromatic N) is 1. The van der Waals surface area contributed by atoms with Crippen molar-refractivity contribution in [3.05, 3.63) is 35.0 Å². The van der Waals surface area contributed by atoms with Crippen LogP contribution in [-0.4, -0.2) is 18.4 Å². The highest BCUT2D eigenvalue weighted by molar-refractivity contribution is 7.13. The maximum Gasteiger partial charge on any atom is 0.153 e. The van der Waals surface area contributed by atoms with Gasteiger partial charge in [-0.1, -0.05) is 6.07 Å². The molecule has 1 heterocycles. The Morgan fingerprint density at radius 3 is 2.81 bits per heavy atom. The third-order valence-electron chi connectivity index (χ3n) is 2.37. The lowest BCUT2D eigenvalue weighted by atomic mass is 10.1. The minimum Gasteiger partial charge on any atom is -0.496 e. The maximum atomic E-state index is 10.8. The van der Waals surface area contributed by atoms with Crippen molar-refractivity contribution in [1.29, 1.82) is 0 Å². The van der Waals surface area contributed by atoms with E-state index in [1.165, 1.54) is 0 Å². The summed E-state index contributed by atoms with van der Waals surface area (Å²) >= 11 is 1.58. The van der Waals surface area contributed by atoms with Crippen molar-refractivity contribution >= 4 is 17.6 Å². The second kappa shape index (κ2) is 4.45. The average Bonchev–Trinajstić information content (AvgIpc) is 2.74. The summed E-state index contributed by atoms with van der Waals surface area (Å²) in [6.45, 7) is 1.96. The standard InChI is InChI=1S/C12H11NO2S/c1-8-12(16-7-13-8)9-3-4-10(6-14)11(5-9)15-2/h3-7H,1-2H3. The third kappa shape index (κ3) is 1.84. The highest BCUT2D eigenvalue weighted by Crippen LogP contribution is 2.31. The fourth-order valence-corrected chi connectivity index (χ4v) is 2.33. The number of hydrogen-bond donors (Lipinski definition) is 0. The van der Waals surface area contributed by atoms with Crippen LogP contribution in [0.2, 0.25) is 0 Å². The van der Waals surface area contributed by atoms with Crippen LogP contribution in [-0.2, 0) is 0 Å². The number of thiazole rings is 1. The molecule has 0 aliphatic rings. The normalized spacial score (nSPS) is 10.1. The van der Waals surface area contributed by atoms with Crippen molar-refractivity contribution in [1.82, 2.24) is 4.98 Å². The number of carbonyl (C=O) groups is 1. The van der Waals surface area contributed by atoms with Gasteiger partial charge in [0.2, 0.25) is 0 Å². The van der Waals surface area contributed by atoms with Crippen molar-refractivity contribution in [3.63, 3.8) is 0 Å². The highest BCUT2D eigenvalue weighted by Gasteiger charge is 2.08. The van der Waals surface area contributed by atoms with Crippen molar-refractivity contribution < 1.29 is 9.53 Å². The number of methoxy groups -OCH3 is 1. The van der Waals surface area contributed by atoms with E-state index in [4.69, 9.17) is 4.74 Å². The Morgan fingerprint density at radius 1 is 1.44 bits per heavy atom. The number of benzene rings is 1. The molecule has 0 fully saturated rings. The van der Waals surface area contributed by atoms with E-state index in [-0.39, 0.29) is 0 Å². The third-order valence-corrected chi connectivity index (χ3v) is 3.35. The van der Waals surface area contributed by atoms with E-state index in [0.29, 0.717) is 11.3 Å². The number of rotatable bonds is 3. The Balaban J connectivity index is 2.52. The van der Waals surface area contributed by atoms with E-state index >= 15 is 0 Å². The van der Waals surface area contributed by atoms with Crippen LogP contribution in [0.4, 0.5) is 0 Å². The van der Waals surface area contributed by atoms with Crippen LogP contribution in [0.1, 0.15) is 16.1 Å². The molecule has 1 aromatic heterocycles. The topological polar surface area (TPSA) is 39.2 Å². The van der Waals surface area contributed by atoms with Gasteiger partial charge in [0.05, 0.1) is 28.8 Å². The molecule has 0 aliphatic carbocycles. The first kappa shape index (κ1) is 10.8. The predicted molar refractivity (Wildman–Crippen MR) is 64.2 cm³/mol. The molecule has 0 saturated carbocycles. The lowest BCUT2D eigenvalue weighted by Gasteiger charge is -2.06. The lowest BCUT2D eigenvalue weighted by molar-refractivity contribution is 0.112. The Labute approximate surface area is 97.7 Å². The maximum absolute atomic E-state index is 10.8. The second-order valence-corrected chi connectivity index (χ2v) is 4.20. The summed E-state index contributed by atoms with van der Waals surface area (Å²) in [7, 11) is 1.56. The van der Waals surface area contributed by atoms with E-state index in [2.05, 4.69) is 4.98 Å². The fourth-order valence-electron chi connectivity index (χ4n) is 1.53. The fraction of sp³-hybridized carbons (Fsp3) is 0.167. The number of ether oxygens (including phenoxy) is 1. The van der Waals surface area contributed by atoms with Crippen molar-refractivity contribution in [2.45, 2.75) is 6.92 Å². The van der Waals surface area contributed by atoms with Crippen LogP contribution in [0.25, 0.3) is 10.4 Å². The average molecular weight is 233 g/mol. The molecule has 0 unspecified atom stereocenters. The summed E-state index contributed by atoms with van der Waals surface area (Å²) in [5, 5.41) is 0. The molecule has 82 valence electrons. The number of aromatic nitrogens is 1. The molecule has 0 bridgehead atoms. The minimum atomic E-state index is 0.563. The van der Waals surface area contributed by atoms with E-state index in [0.717, 1.165) is 22.4 Å². The van der Waals surface area contributed by atoms with Crippen LogP contribution in [0.15, 0.2) is 23.7 Å². The number of aldehydes is 1. The zero-order valence-electron chi connectivity index (χ0n) is 9.06. The Morgan fingerprint density at radius 2 is 2.25 bits per heavy atom. The highest BCUT2D eigenvalue weighted by atomic mass is 32.1. The van der Waals surface area contributed by atoms with Gasteiger partial charge < -0.3 is 4.74 Å². The first-order chi connectivity index (χ1) is 7.76. The largest absolute Gasteiger partial charge is 0.496 e. The molecule has 0 atom stereocenters. The van der Waals surface area contributed by atoms with Gasteiger partial charge in [0.15, 0.2) is 6.29 Å². The van der Waals surface area contributed by atoms with Gasteiger partial charge in [0.25, 0.3) is 0 Å². The summed E-state index contributed by atoms with van der Waals surface area (Å²) in [5.74, 6) is 0.597. The first-order valence-electron chi connectivity index (χ1n) is 4.80. The van der Waals surface area contributed by atoms with Gasteiger partial charge in [-0.15, -0.1) is 11.3 Å². The molecular formula is C12H11NO2S. The molecule has 2 aromatic rings. The zero-order chi connectivity index (χ0) is 11.5. The molecular weight excluding hydrogens is 222 g/mol. The summed E-state index contributed by atoms with van der Waals surface area (Å²) < 4.78 is 5.17. The Kier molecular flexibility index (Phi) is 3.01. The minimum absolute atomic E-state index is 0.563. The second-order valence-electron chi connectivity index (χ2n) is 3.34. The zero-order valence-corrected chi connectivity index (χ0v) is 9.88. The SMILES string of the molecule is COc1cc(-c2scnc2C)ccc1C=O. The summed E-state index contributed by atoms with van der Waals surface area (Å²) in [4.78, 5) is 16.1. The summed E-state index contributed by atoms with van der Waals surface area (Å²) in [6, 6.07) is 5.54. The molecule has 2 rings (SSSR count). The van der Waals surface area contributed by atoms with Gasteiger partial charge in [0.1, 0.15) is 5.75 Å². The van der Waals surface area contributed by atoms with Crippen LogP contribution < -0.4 is 4.74 Å². The molecule has 4 heteroatoms. The molecule has 0 aliphatic heterocycles. The molecule has 1 aromatic carbocycles. The van der Waals surface area contributed by atoms with Gasteiger partial charge in [-0.25, -0.2) is 4.98 Å². The van der Waals surface area contributed by atoms with Gasteiger partial charge >= 0.3 is 0 Å². The number of carbonyl (C=O) groups excluding carboxylic acids is 1. The molecule has 0 saturated heterocycles. The number of aryl methyl sites for hydroxylation is 1. The van der Waals surface area contributed by atoms with Crippen LogP contribution >= 0.6 is 11.3 Å². The van der Waals surface area contributed by atoms with Crippen LogP contribution in [0.3, 0.4) is 0 Å². The monoisotopic (exact) mass is 233 g/mol. The van der Waals surface area contributed by atoms with Gasteiger partial charge in [-0.05, 0) is 24.6 Å². The molecule has 0 N–H and O–H groups in total. The van der Waals surface area contributed by atoms with Gasteiger partial charge in [-0.3, -0.25) is 4.79 Å². The molecule has 0 radical (unpaired) electrons. The predicted octanol–water partition coefficient (Wildman–Crippen LogP) is 2.94. The molecule has 0 spiro atoms. The van der Waals surface area contributed by atoms with Crippen molar-refractivity contribution in [3.8, 4) is 16.2 Å². The van der Waals surface area contributed by atoms with Crippen molar-refractivity contribution in [2.24, 2.45) is 0 Å². The smallest absolute Gasteiger partial charge is 0.153 e. The Hall–Kier alpha value is -1.68. The van der Waals surface area contributed by atoms with Crippen molar-refractivity contribution in [2.75, 3.05) is 7.11 Å². The van der Waals surface area contributed by atoms with E-state index < -0.39 is 0 Å². The van der Waals surface area contributed by atoms with E-state index in [1.807, 2.05) is 24.6 Å². The summed E-state index contributed by atoms with van der Waals surface area (Å²) in [5.41, 5.74) is 4.40. The Bertz CT molecular complexity index is 519. The van der Waals surface area contributed by atoms with E-state index in [1.54, 1.807) is 24.5 Å². The first-order valence-corrected chi connectivity index (χ1v) is 5.68. The summed E-state index contributed by atoms with van der Waals surface area (Å²) in [6.07, 6.45) is 0.794. The van der Waals surface area contributed by atoms with Gasteiger partial charge in [0, 0.05) is 0 Å². The van der Waals surface area contributed by atoms with Crippen LogP contribution in [0.5, 0.6) is 5.75 Å². The number of hydrogen-bond acceptors (Lipinski definition) is 4. The van der Waals surface area contributed by atoms with Gasteiger partial charge in [-0.2, -0.15) is 0 Å². The molecule has 16 heavy (non-hydrogen) atoms. The van der Waals surface area contributed by atoms with Crippen LogP contribution in [0, 0.1) is 6.92 Å². The quantitative estimate of drug-likeness (QED) is 0.765. The lowest BCUT2D eigenvalue weighted by Crippen LogP contribution is -1.90. The molecule has 0 amide bonds. The molecule has 3 nitrogen and oxygen atoms in total. The van der Waals surface area contributed by atoms with E-state index in [9.17, 15) is 4.79 Å².